The molecule has 0 spiro atoms. The summed E-state index contributed by atoms with van der Waals surface area (Å²) < 4.78 is 28.1. The normalized spacial score (nSPS) is 10.1. The number of ether oxygens (including phenoxy) is 1. The van der Waals surface area contributed by atoms with Crippen LogP contribution in [0, 0.1) is 0 Å². The third kappa shape index (κ3) is 6.20. The van der Waals surface area contributed by atoms with Crippen molar-refractivity contribution in [2.75, 3.05) is 11.9 Å². The minimum atomic E-state index is -2.94. The molecule has 19 heavy (non-hydrogen) atoms. The minimum absolute atomic E-state index is 0.0333. The summed E-state index contributed by atoms with van der Waals surface area (Å²) in [4.78, 5) is 21.6. The number of halogens is 2. The first-order valence-electron chi connectivity index (χ1n) is 5.29. The van der Waals surface area contributed by atoms with Gasteiger partial charge in [-0.3, -0.25) is 4.79 Å². The van der Waals surface area contributed by atoms with Gasteiger partial charge in [0.25, 0.3) is 0 Å². The van der Waals surface area contributed by atoms with Gasteiger partial charge in [0, 0.05) is 18.3 Å². The summed E-state index contributed by atoms with van der Waals surface area (Å²) in [7, 11) is 0. The molecular formula is C11H12F2N2O4. The highest BCUT2D eigenvalue weighted by Crippen LogP contribution is 2.19. The SMILES string of the molecule is O=C(O)CCNC(=O)Nc1cccc(OC(F)F)c1. The van der Waals surface area contributed by atoms with E-state index in [-0.39, 0.29) is 24.4 Å². The van der Waals surface area contributed by atoms with Crippen molar-refractivity contribution >= 4 is 17.7 Å². The number of anilines is 1. The molecule has 0 atom stereocenters. The van der Waals surface area contributed by atoms with Crippen molar-refractivity contribution in [1.82, 2.24) is 5.32 Å². The number of rotatable bonds is 6. The Kier molecular flexibility index (Phi) is 5.52. The molecule has 0 aromatic heterocycles. The molecule has 0 aliphatic carbocycles. The smallest absolute Gasteiger partial charge is 0.387 e. The summed E-state index contributed by atoms with van der Waals surface area (Å²) in [5, 5.41) is 13.0. The van der Waals surface area contributed by atoms with Crippen LogP contribution in [0.2, 0.25) is 0 Å². The Morgan fingerprint density at radius 3 is 2.74 bits per heavy atom. The number of amides is 2. The molecule has 0 fully saturated rings. The standard InChI is InChI=1S/C11H12F2N2O4/c12-10(13)19-8-3-1-2-7(6-8)15-11(18)14-5-4-9(16)17/h1-3,6,10H,4-5H2,(H,16,17)(H2,14,15,18). The number of urea groups is 1. The Labute approximate surface area is 107 Å². The summed E-state index contributed by atoms with van der Waals surface area (Å²) in [6, 6.07) is 4.83. The van der Waals surface area contributed by atoms with Crippen LogP contribution in [0.15, 0.2) is 24.3 Å². The predicted molar refractivity (Wildman–Crippen MR) is 62.3 cm³/mol. The zero-order valence-electron chi connectivity index (χ0n) is 9.73. The summed E-state index contributed by atoms with van der Waals surface area (Å²) in [6.07, 6.45) is -0.206. The van der Waals surface area contributed by atoms with E-state index < -0.39 is 18.6 Å². The first-order valence-corrected chi connectivity index (χ1v) is 5.29. The largest absolute Gasteiger partial charge is 0.481 e. The highest BCUT2D eigenvalue weighted by molar-refractivity contribution is 5.89. The minimum Gasteiger partial charge on any atom is -0.481 e. The van der Waals surface area contributed by atoms with Gasteiger partial charge in [-0.1, -0.05) is 6.07 Å². The van der Waals surface area contributed by atoms with Gasteiger partial charge in [-0.2, -0.15) is 8.78 Å². The average Bonchev–Trinajstić information content (AvgIpc) is 2.27. The van der Waals surface area contributed by atoms with Gasteiger partial charge < -0.3 is 20.5 Å². The molecule has 104 valence electrons. The fourth-order valence-electron chi connectivity index (χ4n) is 1.21. The van der Waals surface area contributed by atoms with Crippen LogP contribution in [-0.2, 0) is 4.79 Å². The maximum absolute atomic E-state index is 12.0. The average molecular weight is 274 g/mol. The van der Waals surface area contributed by atoms with Crippen LogP contribution < -0.4 is 15.4 Å². The predicted octanol–water partition coefficient (Wildman–Crippen LogP) is 1.88. The number of hydrogen-bond acceptors (Lipinski definition) is 3. The number of carboxylic acids is 1. The monoisotopic (exact) mass is 274 g/mol. The molecule has 6 nitrogen and oxygen atoms in total. The Balaban J connectivity index is 2.47. The van der Waals surface area contributed by atoms with Gasteiger partial charge in [-0.15, -0.1) is 0 Å². The molecule has 0 saturated carbocycles. The van der Waals surface area contributed by atoms with Crippen LogP contribution in [0.3, 0.4) is 0 Å². The lowest BCUT2D eigenvalue weighted by molar-refractivity contribution is -0.136. The van der Waals surface area contributed by atoms with E-state index >= 15 is 0 Å². The molecule has 0 aliphatic heterocycles. The summed E-state index contributed by atoms with van der Waals surface area (Å²) in [5.41, 5.74) is 0.256. The van der Waals surface area contributed by atoms with Gasteiger partial charge in [0.1, 0.15) is 5.75 Å². The lowest BCUT2D eigenvalue weighted by Gasteiger charge is -2.09. The second-order valence-corrected chi connectivity index (χ2v) is 3.43. The zero-order chi connectivity index (χ0) is 14.3. The number of carbonyl (C=O) groups is 2. The lowest BCUT2D eigenvalue weighted by atomic mass is 10.3. The second kappa shape index (κ2) is 7.14. The second-order valence-electron chi connectivity index (χ2n) is 3.43. The van der Waals surface area contributed by atoms with Crippen molar-refractivity contribution < 1.29 is 28.2 Å². The van der Waals surface area contributed by atoms with Crippen LogP contribution in [0.25, 0.3) is 0 Å². The Bertz CT molecular complexity index is 454. The highest BCUT2D eigenvalue weighted by Gasteiger charge is 2.06. The van der Waals surface area contributed by atoms with Crippen molar-refractivity contribution in [2.24, 2.45) is 0 Å². The van der Waals surface area contributed by atoms with E-state index in [9.17, 15) is 18.4 Å². The molecule has 1 rings (SSSR count). The number of hydrogen-bond donors (Lipinski definition) is 3. The zero-order valence-corrected chi connectivity index (χ0v) is 9.73. The molecule has 0 heterocycles. The van der Waals surface area contributed by atoms with E-state index in [0.717, 1.165) is 0 Å². The number of benzene rings is 1. The van der Waals surface area contributed by atoms with Crippen LogP contribution in [0.5, 0.6) is 5.75 Å². The highest BCUT2D eigenvalue weighted by atomic mass is 19.3. The Hall–Kier alpha value is -2.38. The fourth-order valence-corrected chi connectivity index (χ4v) is 1.21. The van der Waals surface area contributed by atoms with Crippen LogP contribution in [0.4, 0.5) is 19.3 Å². The molecule has 0 aliphatic rings. The number of carboxylic acid groups (broad SMARTS) is 1. The number of nitrogens with one attached hydrogen (secondary N) is 2. The van der Waals surface area contributed by atoms with Gasteiger partial charge >= 0.3 is 18.6 Å². The van der Waals surface area contributed by atoms with Gasteiger partial charge in [0.2, 0.25) is 0 Å². The van der Waals surface area contributed by atoms with E-state index in [1.54, 1.807) is 0 Å². The van der Waals surface area contributed by atoms with Crippen molar-refractivity contribution in [1.29, 1.82) is 0 Å². The van der Waals surface area contributed by atoms with Crippen molar-refractivity contribution in [3.8, 4) is 5.75 Å². The molecular weight excluding hydrogens is 262 g/mol. The van der Waals surface area contributed by atoms with Gasteiger partial charge in [-0.05, 0) is 12.1 Å². The molecule has 3 N–H and O–H groups in total. The maximum atomic E-state index is 12.0. The van der Waals surface area contributed by atoms with Crippen molar-refractivity contribution in [2.45, 2.75) is 13.0 Å². The van der Waals surface area contributed by atoms with Gasteiger partial charge in [0.15, 0.2) is 0 Å². The van der Waals surface area contributed by atoms with Gasteiger partial charge in [0.05, 0.1) is 6.42 Å². The van der Waals surface area contributed by atoms with E-state index in [4.69, 9.17) is 5.11 Å². The maximum Gasteiger partial charge on any atom is 0.387 e. The van der Waals surface area contributed by atoms with Crippen LogP contribution in [0.1, 0.15) is 6.42 Å². The van der Waals surface area contributed by atoms with E-state index in [0.29, 0.717) is 0 Å². The number of carbonyl (C=O) groups excluding carboxylic acids is 1. The number of alkyl halides is 2. The van der Waals surface area contributed by atoms with E-state index in [2.05, 4.69) is 15.4 Å². The quantitative estimate of drug-likeness (QED) is 0.739. The molecule has 0 saturated heterocycles. The fraction of sp³-hybridized carbons (Fsp3) is 0.273. The molecule has 2 amide bonds. The van der Waals surface area contributed by atoms with Crippen LogP contribution in [-0.4, -0.2) is 30.3 Å². The topological polar surface area (TPSA) is 87.7 Å². The van der Waals surface area contributed by atoms with Crippen molar-refractivity contribution in [3.05, 3.63) is 24.3 Å². The molecule has 0 radical (unpaired) electrons. The third-order valence-corrected chi connectivity index (χ3v) is 1.94. The molecule has 1 aromatic carbocycles. The molecule has 0 unspecified atom stereocenters. The third-order valence-electron chi connectivity index (χ3n) is 1.94. The Morgan fingerprint density at radius 1 is 1.37 bits per heavy atom. The first-order chi connectivity index (χ1) is 8.97. The summed E-state index contributed by atoms with van der Waals surface area (Å²) >= 11 is 0. The molecule has 1 aromatic rings. The molecule has 0 bridgehead atoms. The van der Waals surface area contributed by atoms with Crippen LogP contribution >= 0.6 is 0 Å². The van der Waals surface area contributed by atoms with Crippen molar-refractivity contribution in [3.63, 3.8) is 0 Å². The summed E-state index contributed by atoms with van der Waals surface area (Å²) in [5.74, 6) is -1.12. The van der Waals surface area contributed by atoms with E-state index in [1.807, 2.05) is 0 Å². The number of aliphatic carboxylic acids is 1. The Morgan fingerprint density at radius 2 is 2.11 bits per heavy atom. The molecule has 8 heteroatoms. The first kappa shape index (κ1) is 14.7. The van der Waals surface area contributed by atoms with Gasteiger partial charge in [-0.25, -0.2) is 4.79 Å². The summed E-state index contributed by atoms with van der Waals surface area (Å²) in [6.45, 7) is -2.98. The van der Waals surface area contributed by atoms with E-state index in [1.165, 1.54) is 24.3 Å². The lowest BCUT2D eigenvalue weighted by Crippen LogP contribution is -2.30.